The van der Waals surface area contributed by atoms with Gasteiger partial charge in [-0.25, -0.2) is 4.39 Å². The Morgan fingerprint density at radius 3 is 2.70 bits per heavy atom. The van der Waals surface area contributed by atoms with Gasteiger partial charge in [-0.1, -0.05) is 54.9 Å². The summed E-state index contributed by atoms with van der Waals surface area (Å²) in [5.41, 5.74) is 3.45. The molecule has 0 fully saturated rings. The smallest absolute Gasteiger partial charge is 0.247 e. The predicted octanol–water partition coefficient (Wildman–Crippen LogP) is 6.14. The van der Waals surface area contributed by atoms with Crippen LogP contribution in [-0.4, -0.2) is 26.8 Å². The fourth-order valence-electron chi connectivity index (χ4n) is 3.84. The number of hydrogen-bond donors (Lipinski definition) is 0. The molecule has 0 unspecified atom stereocenters. The summed E-state index contributed by atoms with van der Waals surface area (Å²) in [5, 5.41) is 9.31. The van der Waals surface area contributed by atoms with Crippen LogP contribution in [0.1, 0.15) is 43.7 Å². The van der Waals surface area contributed by atoms with Crippen molar-refractivity contribution in [1.82, 2.24) is 15.2 Å². The van der Waals surface area contributed by atoms with Gasteiger partial charge < -0.3 is 4.74 Å². The summed E-state index contributed by atoms with van der Waals surface area (Å²) < 4.78 is 21.3. The van der Waals surface area contributed by atoms with Crippen LogP contribution in [-0.2, 0) is 4.79 Å². The number of carbonyl (C=O) groups excluding carboxylic acids is 1. The molecular formula is C24H24ClFN4O2S. The summed E-state index contributed by atoms with van der Waals surface area (Å²) in [6.07, 6.45) is -1.17. The van der Waals surface area contributed by atoms with Crippen LogP contribution in [0.25, 0.3) is 11.3 Å². The van der Waals surface area contributed by atoms with Gasteiger partial charge in [0.25, 0.3) is 0 Å². The lowest BCUT2D eigenvalue weighted by atomic mass is 10.00. The Bertz CT molecular complexity index is 1220. The number of aryl methyl sites for hydroxylation is 2. The summed E-state index contributed by atoms with van der Waals surface area (Å²) in [4.78, 5) is 19.0. The van der Waals surface area contributed by atoms with Crippen LogP contribution in [0.3, 0.4) is 0 Å². The number of ether oxygens (including phenoxy) is 1. The molecule has 172 valence electrons. The van der Waals surface area contributed by atoms with E-state index in [-0.39, 0.29) is 22.4 Å². The first-order chi connectivity index (χ1) is 15.7. The van der Waals surface area contributed by atoms with Crippen molar-refractivity contribution in [3.63, 3.8) is 0 Å². The molecule has 3 aromatic rings. The number of nitrogens with zero attached hydrogens (tertiary/aromatic N) is 4. The summed E-state index contributed by atoms with van der Waals surface area (Å²) >= 11 is 7.87. The summed E-state index contributed by atoms with van der Waals surface area (Å²) in [7, 11) is 0. The molecule has 0 N–H and O–H groups in total. The normalized spacial score (nSPS) is 15.0. The second-order valence-electron chi connectivity index (χ2n) is 8.43. The van der Waals surface area contributed by atoms with Gasteiger partial charge >= 0.3 is 0 Å². The number of amides is 1. The number of anilines is 1. The van der Waals surface area contributed by atoms with Crippen LogP contribution < -0.4 is 9.64 Å². The van der Waals surface area contributed by atoms with E-state index in [1.54, 1.807) is 6.07 Å². The monoisotopic (exact) mass is 486 g/mol. The molecule has 1 aliphatic heterocycles. The highest BCUT2D eigenvalue weighted by Gasteiger charge is 2.38. The first-order valence-corrected chi connectivity index (χ1v) is 11.9. The number of benzene rings is 2. The van der Waals surface area contributed by atoms with Crippen molar-refractivity contribution < 1.29 is 13.9 Å². The summed E-state index contributed by atoms with van der Waals surface area (Å²) in [5.74, 6) is 0.503. The maximum Gasteiger partial charge on any atom is 0.247 e. The van der Waals surface area contributed by atoms with Crippen molar-refractivity contribution in [2.45, 2.75) is 46.0 Å². The second kappa shape index (κ2) is 9.27. The first kappa shape index (κ1) is 23.4. The minimum absolute atomic E-state index is 0.0585. The van der Waals surface area contributed by atoms with Crippen molar-refractivity contribution in [2.24, 2.45) is 5.92 Å². The Kier molecular flexibility index (Phi) is 6.59. The Hall–Kier alpha value is -2.71. The van der Waals surface area contributed by atoms with Gasteiger partial charge in [-0.05, 0) is 43.5 Å². The number of carbonyl (C=O) groups is 1. The zero-order valence-electron chi connectivity index (χ0n) is 19.0. The molecular weight excluding hydrogens is 463 g/mol. The number of halogens is 2. The van der Waals surface area contributed by atoms with E-state index in [1.165, 1.54) is 35.7 Å². The van der Waals surface area contributed by atoms with Gasteiger partial charge in [-0.3, -0.25) is 9.69 Å². The third kappa shape index (κ3) is 4.54. The van der Waals surface area contributed by atoms with E-state index < -0.39 is 12.0 Å². The average Bonchev–Trinajstić information content (AvgIpc) is 2.86. The predicted molar refractivity (Wildman–Crippen MR) is 128 cm³/mol. The lowest BCUT2D eigenvalue weighted by molar-refractivity contribution is -0.118. The molecule has 0 saturated carbocycles. The Morgan fingerprint density at radius 1 is 1.27 bits per heavy atom. The van der Waals surface area contributed by atoms with Crippen LogP contribution in [0.5, 0.6) is 5.88 Å². The molecule has 1 atom stereocenters. The van der Waals surface area contributed by atoms with Crippen LogP contribution >= 0.6 is 23.4 Å². The zero-order chi connectivity index (χ0) is 23.9. The maximum absolute atomic E-state index is 15.1. The number of rotatable bonds is 4. The first-order valence-electron chi connectivity index (χ1n) is 10.6. The SMILES string of the molecule is CC(=O)N1c2c(C)cc(C)cc2-c2nnc(SCC(C)C)nc2O[C@H]1c1c(F)cccc1Cl. The molecule has 33 heavy (non-hydrogen) atoms. The van der Waals surface area contributed by atoms with Crippen LogP contribution in [0, 0.1) is 25.6 Å². The third-order valence-electron chi connectivity index (χ3n) is 5.17. The van der Waals surface area contributed by atoms with Gasteiger partial charge in [0.15, 0.2) is 5.69 Å². The summed E-state index contributed by atoms with van der Waals surface area (Å²) in [6.45, 7) is 9.45. The lowest BCUT2D eigenvalue weighted by Crippen LogP contribution is -2.37. The quantitative estimate of drug-likeness (QED) is 0.412. The van der Waals surface area contributed by atoms with Gasteiger partial charge in [0.05, 0.1) is 16.3 Å². The van der Waals surface area contributed by atoms with Crippen molar-refractivity contribution in [3.05, 3.63) is 57.9 Å². The molecule has 9 heteroatoms. The van der Waals surface area contributed by atoms with Crippen LogP contribution in [0.15, 0.2) is 35.5 Å². The van der Waals surface area contributed by atoms with Crippen LogP contribution in [0.4, 0.5) is 10.1 Å². The number of thioether (sulfide) groups is 1. The molecule has 1 aliphatic rings. The Morgan fingerprint density at radius 2 is 2.03 bits per heavy atom. The lowest BCUT2D eigenvalue weighted by Gasteiger charge is -2.31. The minimum atomic E-state index is -1.17. The molecule has 1 aromatic heterocycles. The van der Waals surface area contributed by atoms with E-state index in [2.05, 4.69) is 29.0 Å². The topological polar surface area (TPSA) is 68.2 Å². The average molecular weight is 487 g/mol. The number of aromatic nitrogens is 3. The molecule has 6 nitrogen and oxygen atoms in total. The number of fused-ring (bicyclic) bond motifs is 3. The highest BCUT2D eigenvalue weighted by Crippen LogP contribution is 2.46. The minimum Gasteiger partial charge on any atom is -0.447 e. The molecule has 2 heterocycles. The Labute approximate surface area is 201 Å². The van der Waals surface area contributed by atoms with Crippen molar-refractivity contribution in [2.75, 3.05) is 10.7 Å². The van der Waals surface area contributed by atoms with Crippen molar-refractivity contribution >= 4 is 35.0 Å². The molecule has 0 saturated heterocycles. The molecule has 1 amide bonds. The fraction of sp³-hybridized carbons (Fsp3) is 0.333. The van der Waals surface area contributed by atoms with E-state index in [0.29, 0.717) is 28.0 Å². The van der Waals surface area contributed by atoms with E-state index >= 15 is 4.39 Å². The molecule has 2 aromatic carbocycles. The van der Waals surface area contributed by atoms with E-state index in [4.69, 9.17) is 16.3 Å². The number of hydrogen-bond acceptors (Lipinski definition) is 6. The van der Waals surface area contributed by atoms with E-state index in [1.807, 2.05) is 26.0 Å². The highest BCUT2D eigenvalue weighted by atomic mass is 35.5. The molecule has 4 rings (SSSR count). The molecule has 0 aliphatic carbocycles. The highest BCUT2D eigenvalue weighted by molar-refractivity contribution is 7.99. The fourth-order valence-corrected chi connectivity index (χ4v) is 4.83. The van der Waals surface area contributed by atoms with Crippen LogP contribution in [0.2, 0.25) is 5.02 Å². The zero-order valence-corrected chi connectivity index (χ0v) is 20.6. The maximum atomic E-state index is 15.1. The second-order valence-corrected chi connectivity index (χ2v) is 9.82. The molecule has 0 bridgehead atoms. The van der Waals surface area contributed by atoms with Gasteiger partial charge in [0.1, 0.15) is 5.82 Å². The Balaban J connectivity index is 1.99. The van der Waals surface area contributed by atoms with E-state index in [9.17, 15) is 4.79 Å². The van der Waals surface area contributed by atoms with E-state index in [0.717, 1.165) is 16.9 Å². The largest absolute Gasteiger partial charge is 0.447 e. The van der Waals surface area contributed by atoms with Gasteiger partial charge in [0, 0.05) is 18.2 Å². The van der Waals surface area contributed by atoms with Gasteiger partial charge in [-0.2, -0.15) is 4.98 Å². The van der Waals surface area contributed by atoms with Gasteiger partial charge in [0.2, 0.25) is 23.2 Å². The standard InChI is InChI=1S/C24H24ClFN4O2S/c1-12(2)11-33-24-27-22-20(28-29-24)16-10-13(3)9-14(4)21(16)30(15(5)31)23(32-22)19-17(25)7-6-8-18(19)26/h6-10,12,23H,11H2,1-5H3/t23-/m0/s1. The van der Waals surface area contributed by atoms with Gasteiger partial charge in [-0.15, -0.1) is 10.2 Å². The third-order valence-corrected chi connectivity index (χ3v) is 6.76. The summed E-state index contributed by atoms with van der Waals surface area (Å²) in [6, 6.07) is 8.23. The van der Waals surface area contributed by atoms with Crippen molar-refractivity contribution in [1.29, 1.82) is 0 Å². The molecule has 0 spiro atoms. The molecule has 0 radical (unpaired) electrons. The van der Waals surface area contributed by atoms with Crippen molar-refractivity contribution in [3.8, 4) is 17.1 Å².